The first-order valence-corrected chi connectivity index (χ1v) is 6.57. The first kappa shape index (κ1) is 11.7. The zero-order chi connectivity index (χ0) is 10.6. The molecule has 0 heterocycles. The Bertz CT molecular complexity index is 382. The molecule has 1 aromatic rings. The summed E-state index contributed by atoms with van der Waals surface area (Å²) in [6.07, 6.45) is 0.767. The minimum absolute atomic E-state index is 0.225. The Kier molecular flexibility index (Phi) is 4.54. The predicted molar refractivity (Wildman–Crippen MR) is 57.9 cm³/mol. The van der Waals surface area contributed by atoms with Crippen LogP contribution in [-0.2, 0) is 22.9 Å². The summed E-state index contributed by atoms with van der Waals surface area (Å²) in [5, 5.41) is 0.779. The second kappa shape index (κ2) is 5.46. The molecule has 0 saturated heterocycles. The van der Waals surface area contributed by atoms with E-state index in [1.807, 2.05) is 0 Å². The number of thiol groups is 1. The van der Waals surface area contributed by atoms with Crippen LogP contribution in [0.3, 0.4) is 0 Å². The highest BCUT2D eigenvalue weighted by Gasteiger charge is 2.04. The number of aryl methyl sites for hydroxylation is 1. The van der Waals surface area contributed by atoms with Gasteiger partial charge in [-0.25, -0.2) is 12.8 Å². The molecule has 0 fully saturated rings. The first-order chi connectivity index (χ1) is 6.63. The van der Waals surface area contributed by atoms with E-state index in [-0.39, 0.29) is 11.3 Å². The van der Waals surface area contributed by atoms with Crippen LogP contribution in [-0.4, -0.2) is 13.7 Å². The van der Waals surface area contributed by atoms with Crippen molar-refractivity contribution in [2.75, 3.05) is 5.33 Å². The molecule has 5 heteroatoms. The first-order valence-electron chi connectivity index (χ1n) is 4.08. The van der Waals surface area contributed by atoms with Crippen molar-refractivity contribution in [1.29, 1.82) is 0 Å². The van der Waals surface area contributed by atoms with Crippen LogP contribution in [0.2, 0.25) is 0 Å². The van der Waals surface area contributed by atoms with Crippen LogP contribution in [0.15, 0.2) is 18.2 Å². The number of hydrogen-bond donors (Lipinski definition) is 1. The van der Waals surface area contributed by atoms with Gasteiger partial charge in [-0.1, -0.05) is 28.1 Å². The zero-order valence-electron chi connectivity index (χ0n) is 7.37. The van der Waals surface area contributed by atoms with Gasteiger partial charge >= 0.3 is 0 Å². The Labute approximate surface area is 92.2 Å². The van der Waals surface area contributed by atoms with Gasteiger partial charge < -0.3 is 0 Å². The molecule has 0 radical (unpaired) electrons. The summed E-state index contributed by atoms with van der Waals surface area (Å²) in [7, 11) is -2.57. The molecule has 0 aliphatic rings. The molecule has 0 N–H and O–H groups in total. The van der Waals surface area contributed by atoms with E-state index in [0.29, 0.717) is 0 Å². The lowest BCUT2D eigenvalue weighted by molar-refractivity contribution is 0.600. The average molecular weight is 281 g/mol. The van der Waals surface area contributed by atoms with Gasteiger partial charge in [-0.05, 0) is 18.1 Å². The molecule has 0 aliphatic carbocycles. The summed E-state index contributed by atoms with van der Waals surface area (Å²) >= 11 is 3.27. The van der Waals surface area contributed by atoms with Crippen LogP contribution in [0, 0.1) is 5.82 Å². The maximum atomic E-state index is 13.1. The van der Waals surface area contributed by atoms with Crippen molar-refractivity contribution in [3.63, 3.8) is 0 Å². The monoisotopic (exact) mass is 280 g/mol. The molecular weight excluding hydrogens is 271 g/mol. The summed E-state index contributed by atoms with van der Waals surface area (Å²) in [6, 6.07) is 4.58. The highest BCUT2D eigenvalue weighted by Crippen LogP contribution is 2.12. The topological polar surface area (TPSA) is 34.1 Å². The van der Waals surface area contributed by atoms with Gasteiger partial charge in [0.15, 0.2) is 0 Å². The number of hydrogen-bond acceptors (Lipinski definition) is 2. The fourth-order valence-electron chi connectivity index (χ4n) is 1.15. The van der Waals surface area contributed by atoms with Crippen molar-refractivity contribution < 1.29 is 12.8 Å². The van der Waals surface area contributed by atoms with E-state index in [4.69, 9.17) is 0 Å². The van der Waals surface area contributed by atoms with Crippen molar-refractivity contribution in [2.24, 2.45) is 0 Å². The van der Waals surface area contributed by atoms with Gasteiger partial charge in [-0.15, -0.1) is 0 Å². The second-order valence-corrected chi connectivity index (χ2v) is 4.63. The maximum Gasteiger partial charge on any atom is 0.144 e. The molecule has 0 atom stereocenters. The maximum absolute atomic E-state index is 13.1. The van der Waals surface area contributed by atoms with Crippen LogP contribution in [0.25, 0.3) is 0 Å². The molecule has 78 valence electrons. The van der Waals surface area contributed by atoms with Crippen LogP contribution in [0.4, 0.5) is 4.39 Å². The lowest BCUT2D eigenvalue weighted by Crippen LogP contribution is -1.95. The Morgan fingerprint density at radius 3 is 2.64 bits per heavy atom. The Hall–Kier alpha value is -0.420. The number of benzene rings is 1. The van der Waals surface area contributed by atoms with E-state index in [0.717, 1.165) is 17.3 Å². The van der Waals surface area contributed by atoms with Crippen LogP contribution in [0.1, 0.15) is 11.1 Å². The molecule has 0 unspecified atom stereocenters. The van der Waals surface area contributed by atoms with E-state index in [2.05, 4.69) is 15.9 Å². The average Bonchev–Trinajstić information content (AvgIpc) is 2.10. The van der Waals surface area contributed by atoms with Gasteiger partial charge in [0.1, 0.15) is 16.5 Å². The zero-order valence-corrected chi connectivity index (χ0v) is 9.85. The molecule has 0 bridgehead atoms. The molecule has 0 amide bonds. The molecule has 1 aromatic carbocycles. The van der Waals surface area contributed by atoms with Crippen LogP contribution in [0.5, 0.6) is 0 Å². The van der Waals surface area contributed by atoms with Gasteiger partial charge in [-0.2, -0.15) is 0 Å². The molecular formula is C9H10BrFO2S. The quantitative estimate of drug-likeness (QED) is 0.675. The fraction of sp³-hybridized carbons (Fsp3) is 0.333. The summed E-state index contributed by atoms with van der Waals surface area (Å²) < 4.78 is 34.0. The van der Waals surface area contributed by atoms with Gasteiger partial charge in [0.05, 0.1) is 5.75 Å². The van der Waals surface area contributed by atoms with Gasteiger partial charge in [0.2, 0.25) is 0 Å². The van der Waals surface area contributed by atoms with Gasteiger partial charge in [-0.3, -0.25) is 0 Å². The molecule has 0 spiro atoms. The molecule has 0 aromatic heterocycles. The normalized spacial score (nSPS) is 10.8. The lowest BCUT2D eigenvalue weighted by atomic mass is 10.1. The number of halogens is 2. The van der Waals surface area contributed by atoms with Gasteiger partial charge in [0.25, 0.3) is 0 Å². The van der Waals surface area contributed by atoms with Crippen molar-refractivity contribution in [1.82, 2.24) is 0 Å². The van der Waals surface area contributed by atoms with Crippen molar-refractivity contribution >= 4 is 26.6 Å². The number of alkyl halides is 1. The Morgan fingerprint density at radius 2 is 2.07 bits per heavy atom. The minimum Gasteiger partial charge on any atom is -0.232 e. The highest BCUT2D eigenvalue weighted by atomic mass is 79.9. The van der Waals surface area contributed by atoms with Crippen molar-refractivity contribution in [3.05, 3.63) is 35.1 Å². The van der Waals surface area contributed by atoms with E-state index in [1.54, 1.807) is 12.1 Å². The Balaban J connectivity index is 2.95. The van der Waals surface area contributed by atoms with E-state index in [9.17, 15) is 12.8 Å². The van der Waals surface area contributed by atoms with Gasteiger partial charge in [0, 0.05) is 10.9 Å². The van der Waals surface area contributed by atoms with Crippen LogP contribution >= 0.6 is 15.9 Å². The summed E-state index contributed by atoms with van der Waals surface area (Å²) in [5.74, 6) is -0.681. The third-order valence-corrected chi connectivity index (χ3v) is 2.79. The number of rotatable bonds is 4. The largest absolute Gasteiger partial charge is 0.232 e. The summed E-state index contributed by atoms with van der Waals surface area (Å²) in [5.41, 5.74) is 1.19. The third kappa shape index (κ3) is 3.38. The standard InChI is InChI=1S/C9H10BrFO2S/c10-4-3-7-1-2-9(11)8(5-7)6-14(12)13/h1-2,5,14H,3-4,6H2. The lowest BCUT2D eigenvalue weighted by Gasteiger charge is -2.02. The molecule has 14 heavy (non-hydrogen) atoms. The fourth-order valence-corrected chi connectivity index (χ4v) is 2.13. The summed E-state index contributed by atoms with van der Waals surface area (Å²) in [4.78, 5) is 0. The molecule has 0 saturated carbocycles. The van der Waals surface area contributed by atoms with Crippen molar-refractivity contribution in [2.45, 2.75) is 12.2 Å². The smallest absolute Gasteiger partial charge is 0.144 e. The SMILES string of the molecule is O=[SH](=O)Cc1cc(CCBr)ccc1F. The molecule has 0 aliphatic heterocycles. The van der Waals surface area contributed by atoms with E-state index in [1.165, 1.54) is 6.07 Å². The summed E-state index contributed by atoms with van der Waals surface area (Å²) in [6.45, 7) is 0. The minimum atomic E-state index is -2.57. The molecule has 2 nitrogen and oxygen atoms in total. The second-order valence-electron chi connectivity index (χ2n) is 2.86. The van der Waals surface area contributed by atoms with E-state index >= 15 is 0 Å². The molecule has 1 rings (SSSR count). The van der Waals surface area contributed by atoms with E-state index < -0.39 is 16.5 Å². The highest BCUT2D eigenvalue weighted by molar-refractivity contribution is 9.09. The predicted octanol–water partition coefficient (Wildman–Crippen LogP) is 1.87. The van der Waals surface area contributed by atoms with Crippen molar-refractivity contribution in [3.8, 4) is 0 Å². The van der Waals surface area contributed by atoms with Crippen LogP contribution < -0.4 is 0 Å². The Morgan fingerprint density at radius 1 is 1.36 bits per heavy atom. The third-order valence-electron chi connectivity index (χ3n) is 1.79.